The van der Waals surface area contributed by atoms with Gasteiger partial charge in [-0.2, -0.15) is 5.10 Å². The van der Waals surface area contributed by atoms with E-state index >= 15 is 0 Å². The molecule has 0 fully saturated rings. The second kappa shape index (κ2) is 6.76. The van der Waals surface area contributed by atoms with Crippen LogP contribution < -0.4 is 10.9 Å². The van der Waals surface area contributed by atoms with Gasteiger partial charge in [-0.05, 0) is 43.7 Å². The summed E-state index contributed by atoms with van der Waals surface area (Å²) in [5.74, 6) is -0.212. The topological polar surface area (TPSA) is 68.9 Å². The number of hydrogen-bond acceptors (Lipinski definition) is 3. The van der Waals surface area contributed by atoms with E-state index in [2.05, 4.69) is 10.4 Å². The lowest BCUT2D eigenvalue weighted by atomic mass is 10.1. The SMILES string of the molecule is Cc1cc(C)n(Cc2ccc(C(=O)Nc3ccc(=O)n(C)c3)cc2)n1. The number of benzene rings is 1. The Morgan fingerprint density at radius 3 is 2.44 bits per heavy atom. The third-order valence-electron chi connectivity index (χ3n) is 4.00. The zero-order chi connectivity index (χ0) is 18.0. The highest BCUT2D eigenvalue weighted by atomic mass is 16.1. The standard InChI is InChI=1S/C19H20N4O2/c1-13-10-14(2)23(21-13)11-15-4-6-16(7-5-15)19(25)20-17-8-9-18(24)22(3)12-17/h4-10,12H,11H2,1-3H3,(H,20,25). The number of rotatable bonds is 4. The normalized spacial score (nSPS) is 10.7. The Hall–Kier alpha value is -3.15. The molecule has 25 heavy (non-hydrogen) atoms. The molecule has 0 aliphatic rings. The predicted octanol–water partition coefficient (Wildman–Crippen LogP) is 2.50. The van der Waals surface area contributed by atoms with Gasteiger partial charge in [0.05, 0.1) is 17.9 Å². The molecule has 1 aromatic carbocycles. The third kappa shape index (κ3) is 3.85. The van der Waals surface area contributed by atoms with Crippen molar-refractivity contribution >= 4 is 11.6 Å². The van der Waals surface area contributed by atoms with Crippen molar-refractivity contribution in [1.29, 1.82) is 0 Å². The van der Waals surface area contributed by atoms with Crippen LogP contribution in [0.15, 0.2) is 53.5 Å². The van der Waals surface area contributed by atoms with Crippen molar-refractivity contribution in [2.75, 3.05) is 5.32 Å². The van der Waals surface area contributed by atoms with Gasteiger partial charge < -0.3 is 9.88 Å². The molecule has 3 rings (SSSR count). The van der Waals surface area contributed by atoms with Crippen LogP contribution >= 0.6 is 0 Å². The monoisotopic (exact) mass is 336 g/mol. The van der Waals surface area contributed by atoms with Gasteiger partial charge in [0.1, 0.15) is 0 Å². The van der Waals surface area contributed by atoms with E-state index in [1.165, 1.54) is 10.6 Å². The smallest absolute Gasteiger partial charge is 0.255 e. The fraction of sp³-hybridized carbons (Fsp3) is 0.211. The fourth-order valence-electron chi connectivity index (χ4n) is 2.64. The van der Waals surface area contributed by atoms with Crippen molar-refractivity contribution in [3.8, 4) is 0 Å². The summed E-state index contributed by atoms with van der Waals surface area (Å²) in [4.78, 5) is 23.7. The molecule has 0 unspecified atom stereocenters. The molecule has 0 spiro atoms. The highest BCUT2D eigenvalue weighted by Crippen LogP contribution is 2.11. The van der Waals surface area contributed by atoms with Gasteiger partial charge in [0, 0.05) is 30.6 Å². The van der Waals surface area contributed by atoms with Crippen molar-refractivity contribution in [3.63, 3.8) is 0 Å². The van der Waals surface area contributed by atoms with Gasteiger partial charge in [-0.3, -0.25) is 14.3 Å². The van der Waals surface area contributed by atoms with Gasteiger partial charge in [0.15, 0.2) is 0 Å². The van der Waals surface area contributed by atoms with E-state index in [0.29, 0.717) is 17.8 Å². The Morgan fingerprint density at radius 2 is 1.84 bits per heavy atom. The molecular formula is C19H20N4O2. The summed E-state index contributed by atoms with van der Waals surface area (Å²) >= 11 is 0. The van der Waals surface area contributed by atoms with E-state index in [4.69, 9.17) is 0 Å². The minimum absolute atomic E-state index is 0.119. The summed E-state index contributed by atoms with van der Waals surface area (Å²) in [6.07, 6.45) is 1.59. The molecular weight excluding hydrogens is 316 g/mol. The maximum atomic E-state index is 12.3. The zero-order valence-electron chi connectivity index (χ0n) is 14.5. The predicted molar refractivity (Wildman–Crippen MR) is 96.9 cm³/mol. The van der Waals surface area contributed by atoms with E-state index in [9.17, 15) is 9.59 Å². The molecule has 1 amide bonds. The highest BCUT2D eigenvalue weighted by molar-refractivity contribution is 6.04. The van der Waals surface area contributed by atoms with Gasteiger partial charge in [-0.25, -0.2) is 0 Å². The number of carbonyl (C=O) groups is 1. The number of pyridine rings is 1. The summed E-state index contributed by atoms with van der Waals surface area (Å²) in [7, 11) is 1.64. The molecule has 2 aromatic heterocycles. The quantitative estimate of drug-likeness (QED) is 0.796. The van der Waals surface area contributed by atoms with Crippen LogP contribution in [-0.2, 0) is 13.6 Å². The first-order valence-corrected chi connectivity index (χ1v) is 8.00. The second-order valence-electron chi connectivity index (χ2n) is 6.10. The Kier molecular flexibility index (Phi) is 4.52. The largest absolute Gasteiger partial charge is 0.321 e. The Bertz CT molecular complexity index is 968. The number of aromatic nitrogens is 3. The van der Waals surface area contributed by atoms with E-state index in [1.807, 2.05) is 36.7 Å². The Labute approximate surface area is 145 Å². The molecule has 0 aliphatic heterocycles. The molecule has 0 saturated heterocycles. The molecule has 128 valence electrons. The first kappa shape index (κ1) is 16.7. The summed E-state index contributed by atoms with van der Waals surface area (Å²) in [5, 5.41) is 7.24. The number of carbonyl (C=O) groups excluding carboxylic acids is 1. The lowest BCUT2D eigenvalue weighted by Crippen LogP contribution is -2.18. The first-order valence-electron chi connectivity index (χ1n) is 8.00. The number of nitrogens with one attached hydrogen (secondary N) is 1. The van der Waals surface area contributed by atoms with Crippen molar-refractivity contribution in [1.82, 2.24) is 14.3 Å². The van der Waals surface area contributed by atoms with Crippen LogP contribution in [0.4, 0.5) is 5.69 Å². The number of aryl methyl sites for hydroxylation is 3. The van der Waals surface area contributed by atoms with Crippen molar-refractivity contribution in [2.24, 2.45) is 7.05 Å². The molecule has 0 radical (unpaired) electrons. The van der Waals surface area contributed by atoms with E-state index < -0.39 is 0 Å². The van der Waals surface area contributed by atoms with Gasteiger partial charge in [0.25, 0.3) is 5.91 Å². The van der Waals surface area contributed by atoms with Crippen LogP contribution in [0.25, 0.3) is 0 Å². The maximum Gasteiger partial charge on any atom is 0.255 e. The van der Waals surface area contributed by atoms with Crippen LogP contribution in [0.1, 0.15) is 27.3 Å². The minimum atomic E-state index is -0.212. The minimum Gasteiger partial charge on any atom is -0.321 e. The third-order valence-corrected chi connectivity index (χ3v) is 4.00. The molecule has 6 nitrogen and oxygen atoms in total. The number of hydrogen-bond donors (Lipinski definition) is 1. The van der Waals surface area contributed by atoms with E-state index in [1.54, 1.807) is 31.4 Å². The van der Waals surface area contributed by atoms with Crippen molar-refractivity contribution in [2.45, 2.75) is 20.4 Å². The van der Waals surface area contributed by atoms with E-state index in [-0.39, 0.29) is 11.5 Å². The average Bonchev–Trinajstić information content (AvgIpc) is 2.89. The summed E-state index contributed by atoms with van der Waals surface area (Å²) in [5.41, 5.74) is 4.20. The molecule has 2 heterocycles. The Balaban J connectivity index is 1.70. The molecule has 0 bridgehead atoms. The number of anilines is 1. The van der Waals surface area contributed by atoms with E-state index in [0.717, 1.165) is 17.0 Å². The molecule has 6 heteroatoms. The summed E-state index contributed by atoms with van der Waals surface area (Å²) in [6.45, 7) is 4.66. The van der Waals surface area contributed by atoms with Crippen LogP contribution in [0.2, 0.25) is 0 Å². The molecule has 0 saturated carbocycles. The maximum absolute atomic E-state index is 12.3. The molecule has 3 aromatic rings. The fourth-order valence-corrected chi connectivity index (χ4v) is 2.64. The van der Waals surface area contributed by atoms with Crippen LogP contribution in [0.5, 0.6) is 0 Å². The van der Waals surface area contributed by atoms with Gasteiger partial charge in [-0.15, -0.1) is 0 Å². The second-order valence-corrected chi connectivity index (χ2v) is 6.10. The van der Waals surface area contributed by atoms with Crippen molar-refractivity contribution < 1.29 is 4.79 Å². The average molecular weight is 336 g/mol. The number of nitrogens with zero attached hydrogens (tertiary/aromatic N) is 3. The van der Waals surface area contributed by atoms with Gasteiger partial charge in [0.2, 0.25) is 5.56 Å². The summed E-state index contributed by atoms with van der Waals surface area (Å²) < 4.78 is 3.36. The highest BCUT2D eigenvalue weighted by Gasteiger charge is 2.08. The van der Waals surface area contributed by atoms with Gasteiger partial charge >= 0.3 is 0 Å². The zero-order valence-corrected chi connectivity index (χ0v) is 14.5. The molecule has 0 aliphatic carbocycles. The van der Waals surface area contributed by atoms with Gasteiger partial charge in [-0.1, -0.05) is 12.1 Å². The van der Waals surface area contributed by atoms with Crippen LogP contribution in [0, 0.1) is 13.8 Å². The number of amides is 1. The molecule has 0 atom stereocenters. The van der Waals surface area contributed by atoms with Crippen molar-refractivity contribution in [3.05, 3.63) is 81.5 Å². The Morgan fingerprint density at radius 1 is 1.12 bits per heavy atom. The van der Waals surface area contributed by atoms with Crippen LogP contribution in [-0.4, -0.2) is 20.3 Å². The van der Waals surface area contributed by atoms with Crippen LogP contribution in [0.3, 0.4) is 0 Å². The first-order chi connectivity index (χ1) is 11.9. The lowest BCUT2D eigenvalue weighted by molar-refractivity contribution is 0.102. The summed E-state index contributed by atoms with van der Waals surface area (Å²) in [6, 6.07) is 12.5. The molecule has 1 N–H and O–H groups in total. The lowest BCUT2D eigenvalue weighted by Gasteiger charge is -2.08.